The Labute approximate surface area is 178 Å². The maximum atomic E-state index is 14.0. The van der Waals surface area contributed by atoms with E-state index in [0.717, 1.165) is 36.8 Å². The predicted octanol–water partition coefficient (Wildman–Crippen LogP) is 7.46. The average Bonchev–Trinajstić information content (AvgIpc) is 2.66. The van der Waals surface area contributed by atoms with E-state index in [1.807, 2.05) is 15.9 Å². The van der Waals surface area contributed by atoms with Crippen LogP contribution < -0.4 is 0 Å². The smallest absolute Gasteiger partial charge is 0.332 e. The van der Waals surface area contributed by atoms with Gasteiger partial charge in [0.1, 0.15) is 17.2 Å². The second-order valence-electron chi connectivity index (χ2n) is 8.47. The Morgan fingerprint density at radius 1 is 0.897 bits per heavy atom. The molecular formula is C22H29BrF4O2. The number of rotatable bonds is 7. The van der Waals surface area contributed by atoms with Crippen molar-refractivity contribution in [2.75, 3.05) is 13.2 Å². The Morgan fingerprint density at radius 2 is 1.38 bits per heavy atom. The molecule has 7 heteroatoms. The fraction of sp³-hybridized carbons (Fsp3) is 0.727. The van der Waals surface area contributed by atoms with Crippen LogP contribution in [0.4, 0.5) is 17.6 Å². The lowest BCUT2D eigenvalue weighted by Gasteiger charge is -2.32. The minimum Gasteiger partial charge on any atom is -0.348 e. The summed E-state index contributed by atoms with van der Waals surface area (Å²) < 4.78 is 65.8. The van der Waals surface area contributed by atoms with E-state index in [-0.39, 0.29) is 11.5 Å². The Balaban J connectivity index is 1.46. The molecule has 1 aliphatic carbocycles. The third kappa shape index (κ3) is 6.17. The van der Waals surface area contributed by atoms with Crippen molar-refractivity contribution in [2.24, 2.45) is 17.8 Å². The van der Waals surface area contributed by atoms with Crippen LogP contribution >= 0.6 is 15.9 Å². The molecule has 1 heterocycles. The number of hydrogen-bond donors (Lipinski definition) is 0. The maximum Gasteiger partial charge on any atom is 0.332 e. The Bertz CT molecular complexity index is 640. The van der Waals surface area contributed by atoms with Gasteiger partial charge in [-0.25, -0.2) is 8.78 Å². The first-order valence-electron chi connectivity index (χ1n) is 10.6. The van der Waals surface area contributed by atoms with E-state index in [4.69, 9.17) is 9.47 Å². The van der Waals surface area contributed by atoms with Crippen LogP contribution in [-0.4, -0.2) is 13.2 Å². The van der Waals surface area contributed by atoms with Crippen LogP contribution in [0.25, 0.3) is 0 Å². The van der Waals surface area contributed by atoms with Crippen molar-refractivity contribution >= 4 is 15.9 Å². The van der Waals surface area contributed by atoms with E-state index < -0.39 is 28.3 Å². The molecule has 2 fully saturated rings. The Kier molecular flexibility index (Phi) is 8.01. The molecule has 0 amide bonds. The molecule has 1 aromatic rings. The summed E-state index contributed by atoms with van der Waals surface area (Å²) in [5.74, 6) is -0.734. The van der Waals surface area contributed by atoms with Gasteiger partial charge in [-0.1, -0.05) is 51.9 Å². The van der Waals surface area contributed by atoms with Crippen molar-refractivity contribution in [1.82, 2.24) is 0 Å². The van der Waals surface area contributed by atoms with Crippen LogP contribution in [-0.2, 0) is 14.3 Å². The molecule has 3 rings (SSSR count). The second kappa shape index (κ2) is 10.1. The van der Waals surface area contributed by atoms with Gasteiger partial charge in [-0.2, -0.15) is 8.78 Å². The molecule has 1 aromatic carbocycles. The summed E-state index contributed by atoms with van der Waals surface area (Å²) in [4.78, 5) is -3.77. The zero-order valence-electron chi connectivity index (χ0n) is 16.7. The third-order valence-electron chi connectivity index (χ3n) is 6.23. The molecule has 0 aromatic heterocycles. The van der Waals surface area contributed by atoms with E-state index in [2.05, 4.69) is 6.92 Å². The lowest BCUT2D eigenvalue weighted by Crippen LogP contribution is -2.28. The molecule has 164 valence electrons. The van der Waals surface area contributed by atoms with Gasteiger partial charge in [0.15, 0.2) is 6.29 Å². The summed E-state index contributed by atoms with van der Waals surface area (Å²) in [5, 5.41) is 0. The molecule has 1 saturated carbocycles. The van der Waals surface area contributed by atoms with Gasteiger partial charge in [0.25, 0.3) is 0 Å². The molecule has 2 nitrogen and oxygen atoms in total. The largest absolute Gasteiger partial charge is 0.348 e. The van der Waals surface area contributed by atoms with Gasteiger partial charge >= 0.3 is 4.83 Å². The Hall–Kier alpha value is -0.660. The molecule has 1 aliphatic heterocycles. The van der Waals surface area contributed by atoms with E-state index in [1.165, 1.54) is 38.5 Å². The van der Waals surface area contributed by atoms with Crippen LogP contribution in [0.1, 0.15) is 75.7 Å². The van der Waals surface area contributed by atoms with Gasteiger partial charge in [0.05, 0.1) is 13.2 Å². The fourth-order valence-electron chi connectivity index (χ4n) is 4.59. The minimum atomic E-state index is -3.77. The molecule has 0 atom stereocenters. The topological polar surface area (TPSA) is 18.5 Å². The number of ether oxygens (including phenoxy) is 2. The van der Waals surface area contributed by atoms with Crippen molar-refractivity contribution in [3.8, 4) is 0 Å². The molecule has 0 spiro atoms. The Morgan fingerprint density at radius 3 is 1.86 bits per heavy atom. The first-order chi connectivity index (χ1) is 13.8. The van der Waals surface area contributed by atoms with Crippen LogP contribution in [0, 0.1) is 29.4 Å². The summed E-state index contributed by atoms with van der Waals surface area (Å²) in [7, 11) is 0. The van der Waals surface area contributed by atoms with Crippen molar-refractivity contribution < 1.29 is 27.0 Å². The highest BCUT2D eigenvalue weighted by Crippen LogP contribution is 2.40. The highest BCUT2D eigenvalue weighted by molar-refractivity contribution is 9.09. The molecule has 0 unspecified atom stereocenters. The van der Waals surface area contributed by atoms with Crippen LogP contribution in [0.3, 0.4) is 0 Å². The van der Waals surface area contributed by atoms with Gasteiger partial charge in [-0.05, 0) is 46.3 Å². The molecule has 1 saturated heterocycles. The van der Waals surface area contributed by atoms with Gasteiger partial charge in [0, 0.05) is 11.5 Å². The monoisotopic (exact) mass is 480 g/mol. The number of benzene rings is 1. The second-order valence-corrected chi connectivity index (χ2v) is 9.47. The third-order valence-corrected chi connectivity index (χ3v) is 6.63. The standard InChI is InChI=1S/C22H29BrF4O2/c1-2-3-14-4-6-15(7-5-14)8-9-16-12-28-21(29-13-16)17-10-18(24)20(19(25)11-17)22(23,26)27/h10-11,14-16,21H,2-9,12-13H2,1H3. The van der Waals surface area contributed by atoms with Gasteiger partial charge in [0.2, 0.25) is 0 Å². The van der Waals surface area contributed by atoms with Gasteiger partial charge in [-0.15, -0.1) is 0 Å². The molecule has 0 bridgehead atoms. The summed E-state index contributed by atoms with van der Waals surface area (Å²) in [6, 6.07) is 1.71. The van der Waals surface area contributed by atoms with Crippen LogP contribution in [0.2, 0.25) is 0 Å². The summed E-state index contributed by atoms with van der Waals surface area (Å²) in [6.07, 6.45) is 9.09. The lowest BCUT2D eigenvalue weighted by atomic mass is 9.77. The SMILES string of the molecule is CCCC1CCC(CCC2COC(c3cc(F)c(C(F)(F)Br)c(F)c3)OC2)CC1. The van der Waals surface area contributed by atoms with E-state index in [1.54, 1.807) is 0 Å². The van der Waals surface area contributed by atoms with Crippen molar-refractivity contribution in [1.29, 1.82) is 0 Å². The summed E-state index contributed by atoms with van der Waals surface area (Å²) in [5.41, 5.74) is -1.23. The summed E-state index contributed by atoms with van der Waals surface area (Å²) in [6.45, 7) is 3.13. The zero-order chi connectivity index (χ0) is 21.0. The normalized spacial score (nSPS) is 28.5. The molecule has 2 aliphatic rings. The highest BCUT2D eigenvalue weighted by Gasteiger charge is 2.36. The molecule has 0 N–H and O–H groups in total. The number of alkyl halides is 3. The van der Waals surface area contributed by atoms with Crippen molar-refractivity contribution in [3.63, 3.8) is 0 Å². The average molecular weight is 481 g/mol. The molecule has 29 heavy (non-hydrogen) atoms. The maximum absolute atomic E-state index is 14.0. The van der Waals surface area contributed by atoms with E-state index in [9.17, 15) is 17.6 Å². The zero-order valence-corrected chi connectivity index (χ0v) is 18.3. The predicted molar refractivity (Wildman–Crippen MR) is 107 cm³/mol. The van der Waals surface area contributed by atoms with E-state index in [0.29, 0.717) is 13.2 Å². The lowest BCUT2D eigenvalue weighted by molar-refractivity contribution is -0.206. The first kappa shape index (κ1) is 23.0. The molecule has 0 radical (unpaired) electrons. The van der Waals surface area contributed by atoms with Gasteiger partial charge < -0.3 is 9.47 Å². The van der Waals surface area contributed by atoms with Crippen LogP contribution in [0.5, 0.6) is 0 Å². The number of hydrogen-bond acceptors (Lipinski definition) is 2. The fourth-order valence-corrected chi connectivity index (χ4v) is 4.97. The van der Waals surface area contributed by atoms with Crippen LogP contribution in [0.15, 0.2) is 12.1 Å². The summed E-state index contributed by atoms with van der Waals surface area (Å²) >= 11 is 2.00. The molecular weight excluding hydrogens is 452 g/mol. The van der Waals surface area contributed by atoms with E-state index >= 15 is 0 Å². The van der Waals surface area contributed by atoms with Crippen molar-refractivity contribution in [2.45, 2.75) is 69.4 Å². The minimum absolute atomic E-state index is 0.0770. The first-order valence-corrected chi connectivity index (χ1v) is 11.4. The number of halogens is 5. The van der Waals surface area contributed by atoms with Gasteiger partial charge in [-0.3, -0.25) is 0 Å². The quantitative estimate of drug-likeness (QED) is 0.297. The van der Waals surface area contributed by atoms with Crippen molar-refractivity contribution in [3.05, 3.63) is 34.9 Å². The highest BCUT2D eigenvalue weighted by atomic mass is 79.9.